The van der Waals surface area contributed by atoms with Gasteiger partial charge in [0.2, 0.25) is 0 Å². The average Bonchev–Trinajstić information content (AvgIpc) is 2.90. The number of aromatic carboxylic acids is 1. The Labute approximate surface area is 128 Å². The SMILES string of the molecule is CC(C)C1CCCN1C(=O)Nc1ccc(Cl)c(C(=O)O)c1. The minimum Gasteiger partial charge on any atom is -0.478 e. The third kappa shape index (κ3) is 3.47. The number of nitrogens with zero attached hydrogens (tertiary/aromatic N) is 1. The molecule has 6 heteroatoms. The van der Waals surface area contributed by atoms with Gasteiger partial charge in [-0.15, -0.1) is 0 Å². The molecule has 0 aromatic heterocycles. The molecule has 2 N–H and O–H groups in total. The van der Waals surface area contributed by atoms with Crippen molar-refractivity contribution in [3.63, 3.8) is 0 Å². The molecule has 1 atom stereocenters. The van der Waals surface area contributed by atoms with Crippen molar-refractivity contribution in [2.24, 2.45) is 5.92 Å². The standard InChI is InChI=1S/C15H19ClN2O3/c1-9(2)13-4-3-7-18(13)15(21)17-10-5-6-12(16)11(8-10)14(19)20/h5-6,8-9,13H,3-4,7H2,1-2H3,(H,17,21)(H,19,20). The third-order valence-electron chi connectivity index (χ3n) is 3.78. The Morgan fingerprint density at radius 2 is 2.14 bits per heavy atom. The molecule has 21 heavy (non-hydrogen) atoms. The molecular formula is C15H19ClN2O3. The van der Waals surface area contributed by atoms with Crippen LogP contribution in [0.4, 0.5) is 10.5 Å². The van der Waals surface area contributed by atoms with Gasteiger partial charge in [-0.05, 0) is 37.0 Å². The number of urea groups is 1. The summed E-state index contributed by atoms with van der Waals surface area (Å²) in [5, 5.41) is 12.0. The highest BCUT2D eigenvalue weighted by molar-refractivity contribution is 6.33. The fourth-order valence-electron chi connectivity index (χ4n) is 2.70. The second-order valence-electron chi connectivity index (χ2n) is 5.58. The molecule has 2 amide bonds. The molecule has 1 fully saturated rings. The zero-order valence-corrected chi connectivity index (χ0v) is 12.9. The zero-order valence-electron chi connectivity index (χ0n) is 12.1. The number of hydrogen-bond donors (Lipinski definition) is 2. The first kappa shape index (κ1) is 15.6. The minimum atomic E-state index is -1.11. The first-order valence-electron chi connectivity index (χ1n) is 7.00. The quantitative estimate of drug-likeness (QED) is 0.894. The number of amides is 2. The summed E-state index contributed by atoms with van der Waals surface area (Å²) in [4.78, 5) is 25.2. The number of nitrogens with one attached hydrogen (secondary N) is 1. The van der Waals surface area contributed by atoms with E-state index in [0.717, 1.165) is 19.4 Å². The predicted octanol–water partition coefficient (Wildman–Crippen LogP) is 3.69. The lowest BCUT2D eigenvalue weighted by molar-refractivity contribution is 0.0697. The van der Waals surface area contributed by atoms with Gasteiger partial charge in [0.25, 0.3) is 0 Å². The van der Waals surface area contributed by atoms with Crippen LogP contribution in [0.25, 0.3) is 0 Å². The lowest BCUT2D eigenvalue weighted by Gasteiger charge is -2.27. The monoisotopic (exact) mass is 310 g/mol. The predicted molar refractivity (Wildman–Crippen MR) is 82.0 cm³/mol. The summed E-state index contributed by atoms with van der Waals surface area (Å²) < 4.78 is 0. The van der Waals surface area contributed by atoms with Gasteiger partial charge >= 0.3 is 12.0 Å². The summed E-state index contributed by atoms with van der Waals surface area (Å²) in [6.07, 6.45) is 2.00. The molecule has 0 radical (unpaired) electrons. The van der Waals surface area contributed by atoms with E-state index in [4.69, 9.17) is 16.7 Å². The zero-order chi connectivity index (χ0) is 15.6. The lowest BCUT2D eigenvalue weighted by Crippen LogP contribution is -2.41. The van der Waals surface area contributed by atoms with E-state index >= 15 is 0 Å². The van der Waals surface area contributed by atoms with Crippen LogP contribution in [0.3, 0.4) is 0 Å². The molecule has 1 aliphatic heterocycles. The molecule has 2 rings (SSSR count). The molecule has 0 saturated carbocycles. The highest BCUT2D eigenvalue weighted by Crippen LogP contribution is 2.25. The van der Waals surface area contributed by atoms with Crippen molar-refractivity contribution in [2.45, 2.75) is 32.7 Å². The van der Waals surface area contributed by atoms with Crippen molar-refractivity contribution in [3.8, 4) is 0 Å². The number of benzene rings is 1. The van der Waals surface area contributed by atoms with E-state index in [1.807, 2.05) is 4.90 Å². The van der Waals surface area contributed by atoms with Crippen LogP contribution in [0.15, 0.2) is 18.2 Å². The van der Waals surface area contributed by atoms with Crippen LogP contribution in [0.1, 0.15) is 37.0 Å². The van der Waals surface area contributed by atoms with E-state index in [9.17, 15) is 9.59 Å². The van der Waals surface area contributed by atoms with Gasteiger partial charge in [0.1, 0.15) is 0 Å². The first-order valence-corrected chi connectivity index (χ1v) is 7.38. The highest BCUT2D eigenvalue weighted by atomic mass is 35.5. The minimum absolute atomic E-state index is 0.0173. The van der Waals surface area contributed by atoms with Crippen LogP contribution in [-0.4, -0.2) is 34.6 Å². The Bertz CT molecular complexity index is 560. The number of rotatable bonds is 3. The van der Waals surface area contributed by atoms with Crippen molar-refractivity contribution < 1.29 is 14.7 Å². The summed E-state index contributed by atoms with van der Waals surface area (Å²) in [7, 11) is 0. The molecule has 1 unspecified atom stereocenters. The lowest BCUT2D eigenvalue weighted by atomic mass is 10.0. The van der Waals surface area contributed by atoms with E-state index in [-0.39, 0.29) is 22.7 Å². The second-order valence-corrected chi connectivity index (χ2v) is 5.98. The smallest absolute Gasteiger partial charge is 0.337 e. The maximum absolute atomic E-state index is 12.3. The fourth-order valence-corrected chi connectivity index (χ4v) is 2.90. The van der Waals surface area contributed by atoms with Gasteiger partial charge in [0.15, 0.2) is 0 Å². The molecule has 0 bridgehead atoms. The van der Waals surface area contributed by atoms with Gasteiger partial charge in [-0.2, -0.15) is 0 Å². The Morgan fingerprint density at radius 1 is 1.43 bits per heavy atom. The number of carbonyl (C=O) groups excluding carboxylic acids is 1. The number of carboxylic acid groups (broad SMARTS) is 1. The van der Waals surface area contributed by atoms with Gasteiger partial charge in [0, 0.05) is 18.3 Å². The molecule has 1 saturated heterocycles. The first-order chi connectivity index (χ1) is 9.90. The molecule has 1 aliphatic rings. The number of halogens is 1. The summed E-state index contributed by atoms with van der Waals surface area (Å²) >= 11 is 5.82. The van der Waals surface area contributed by atoms with E-state index in [0.29, 0.717) is 11.6 Å². The normalized spacial score (nSPS) is 18.1. The number of carbonyl (C=O) groups is 2. The van der Waals surface area contributed by atoms with Gasteiger partial charge in [-0.1, -0.05) is 25.4 Å². The van der Waals surface area contributed by atoms with Crippen molar-refractivity contribution in [3.05, 3.63) is 28.8 Å². The van der Waals surface area contributed by atoms with Gasteiger partial charge in [-0.3, -0.25) is 0 Å². The number of hydrogen-bond acceptors (Lipinski definition) is 2. The highest BCUT2D eigenvalue weighted by Gasteiger charge is 2.30. The molecule has 0 aliphatic carbocycles. The van der Waals surface area contributed by atoms with Crippen molar-refractivity contribution >= 4 is 29.3 Å². The summed E-state index contributed by atoms with van der Waals surface area (Å²) in [6.45, 7) is 4.93. The summed E-state index contributed by atoms with van der Waals surface area (Å²) in [5.74, 6) is -0.713. The topological polar surface area (TPSA) is 69.6 Å². The third-order valence-corrected chi connectivity index (χ3v) is 4.11. The van der Waals surface area contributed by atoms with Gasteiger partial charge in [0.05, 0.1) is 10.6 Å². The summed E-state index contributed by atoms with van der Waals surface area (Å²) in [6, 6.07) is 4.50. The van der Waals surface area contributed by atoms with Crippen molar-refractivity contribution in [1.29, 1.82) is 0 Å². The van der Waals surface area contributed by atoms with E-state index in [1.54, 1.807) is 6.07 Å². The van der Waals surface area contributed by atoms with Crippen molar-refractivity contribution in [2.75, 3.05) is 11.9 Å². The van der Waals surface area contributed by atoms with Gasteiger partial charge in [-0.25, -0.2) is 9.59 Å². The Hall–Kier alpha value is -1.75. The molecule has 1 aromatic rings. The number of anilines is 1. The second kappa shape index (κ2) is 6.35. The molecular weight excluding hydrogens is 292 g/mol. The van der Waals surface area contributed by atoms with Crippen LogP contribution in [0.2, 0.25) is 5.02 Å². The van der Waals surface area contributed by atoms with E-state index in [2.05, 4.69) is 19.2 Å². The van der Waals surface area contributed by atoms with E-state index in [1.165, 1.54) is 12.1 Å². The molecule has 1 aromatic carbocycles. The van der Waals surface area contributed by atoms with Crippen LogP contribution >= 0.6 is 11.6 Å². The van der Waals surface area contributed by atoms with Crippen molar-refractivity contribution in [1.82, 2.24) is 4.90 Å². The molecule has 114 valence electrons. The Balaban J connectivity index is 2.13. The van der Waals surface area contributed by atoms with Crippen LogP contribution in [-0.2, 0) is 0 Å². The average molecular weight is 311 g/mol. The van der Waals surface area contributed by atoms with Crippen LogP contribution in [0.5, 0.6) is 0 Å². The number of likely N-dealkylation sites (tertiary alicyclic amines) is 1. The van der Waals surface area contributed by atoms with Crippen LogP contribution < -0.4 is 5.32 Å². The molecule has 1 heterocycles. The van der Waals surface area contributed by atoms with E-state index < -0.39 is 5.97 Å². The maximum Gasteiger partial charge on any atom is 0.337 e. The van der Waals surface area contributed by atoms with Gasteiger partial charge < -0.3 is 15.3 Å². The largest absolute Gasteiger partial charge is 0.478 e. The fraction of sp³-hybridized carbons (Fsp3) is 0.467. The summed E-state index contributed by atoms with van der Waals surface area (Å²) in [5.41, 5.74) is 0.424. The molecule has 5 nitrogen and oxygen atoms in total. The Morgan fingerprint density at radius 3 is 2.76 bits per heavy atom. The van der Waals surface area contributed by atoms with Crippen LogP contribution in [0, 0.1) is 5.92 Å². The number of carboxylic acids is 1. The maximum atomic E-state index is 12.3. The molecule has 0 spiro atoms. The Kier molecular flexibility index (Phi) is 4.73.